The number of hydrogen-bond donors (Lipinski definition) is 0. The van der Waals surface area contributed by atoms with Crippen LogP contribution in [0.2, 0.25) is 0 Å². The highest BCUT2D eigenvalue weighted by atomic mass is 14.2. The van der Waals surface area contributed by atoms with Crippen molar-refractivity contribution in [2.45, 2.75) is 106 Å². The van der Waals surface area contributed by atoms with Gasteiger partial charge >= 0.3 is 0 Å². The zero-order chi connectivity index (χ0) is 15.1. The van der Waals surface area contributed by atoms with E-state index in [1.165, 1.54) is 57.8 Å². The monoisotopic (exact) mass is 270 g/mol. The van der Waals surface area contributed by atoms with Crippen molar-refractivity contribution < 1.29 is 0 Å². The van der Waals surface area contributed by atoms with Crippen molar-refractivity contribution in [3.63, 3.8) is 0 Å². The zero-order valence-electron chi connectivity index (χ0n) is 15.1. The van der Waals surface area contributed by atoms with Crippen LogP contribution in [0.5, 0.6) is 0 Å². The predicted molar refractivity (Wildman–Crippen MR) is 91.7 cm³/mol. The van der Waals surface area contributed by atoms with E-state index in [0.29, 0.717) is 0 Å². The van der Waals surface area contributed by atoms with E-state index in [1.54, 1.807) is 0 Å². The summed E-state index contributed by atoms with van der Waals surface area (Å²) in [6, 6.07) is 0. The lowest BCUT2D eigenvalue weighted by Gasteiger charge is -2.15. The second-order valence-electron chi connectivity index (χ2n) is 6.03. The Hall–Kier alpha value is 0. The molecule has 118 valence electrons. The normalized spacial score (nSPS) is 19.6. The molecule has 0 nitrogen and oxygen atoms in total. The fourth-order valence-electron chi connectivity index (χ4n) is 2.93. The van der Waals surface area contributed by atoms with Gasteiger partial charge in [0.25, 0.3) is 0 Å². The zero-order valence-corrected chi connectivity index (χ0v) is 15.1. The molecular formula is C19H42. The van der Waals surface area contributed by atoms with Gasteiger partial charge in [0.05, 0.1) is 0 Å². The van der Waals surface area contributed by atoms with E-state index < -0.39 is 0 Å². The van der Waals surface area contributed by atoms with Crippen molar-refractivity contribution in [3.8, 4) is 0 Å². The van der Waals surface area contributed by atoms with Gasteiger partial charge in [-0.15, -0.1) is 0 Å². The Morgan fingerprint density at radius 1 is 0.632 bits per heavy atom. The summed E-state index contributed by atoms with van der Waals surface area (Å²) < 4.78 is 0. The molecule has 2 fully saturated rings. The van der Waals surface area contributed by atoms with Crippen LogP contribution in [0.1, 0.15) is 106 Å². The van der Waals surface area contributed by atoms with Gasteiger partial charge in [0.1, 0.15) is 0 Å². The average Bonchev–Trinajstić information content (AvgIpc) is 2.99. The lowest BCUT2D eigenvalue weighted by molar-refractivity contribution is 0.385. The molecule has 0 N–H and O–H groups in total. The summed E-state index contributed by atoms with van der Waals surface area (Å²) in [7, 11) is 0. The molecule has 0 aliphatic heterocycles. The van der Waals surface area contributed by atoms with Crippen LogP contribution in [-0.4, -0.2) is 0 Å². The van der Waals surface area contributed by atoms with Gasteiger partial charge in [-0.25, -0.2) is 0 Å². The van der Waals surface area contributed by atoms with Crippen molar-refractivity contribution in [1.82, 2.24) is 0 Å². The lowest BCUT2D eigenvalue weighted by Crippen LogP contribution is -2.01. The first-order valence-electron chi connectivity index (χ1n) is 9.20. The molecule has 0 aromatic carbocycles. The van der Waals surface area contributed by atoms with Crippen LogP contribution in [0.3, 0.4) is 0 Å². The highest BCUT2D eigenvalue weighted by molar-refractivity contribution is 4.69. The van der Waals surface area contributed by atoms with Crippen molar-refractivity contribution >= 4 is 0 Å². The van der Waals surface area contributed by atoms with E-state index in [0.717, 1.165) is 17.8 Å². The first-order valence-corrected chi connectivity index (χ1v) is 9.20. The first-order chi connectivity index (χ1) is 9.20. The Morgan fingerprint density at radius 3 is 1.21 bits per heavy atom. The first kappa shape index (κ1) is 21.3. The summed E-state index contributed by atoms with van der Waals surface area (Å²) in [5, 5.41) is 0. The molecule has 0 heterocycles. The van der Waals surface area contributed by atoms with Gasteiger partial charge in [-0.05, 0) is 17.8 Å². The molecule has 19 heavy (non-hydrogen) atoms. The molecule has 2 saturated carbocycles. The standard InChI is InChI=1S/C8H16.C7H14.2C2H6/c1-7(2)8-5-3-4-6-8;1-7-5-3-2-4-6-7;2*1-2/h7-8H,3-6H2,1-2H3;7H,2-6H2,1H3;2*1-2H3. The molecular weight excluding hydrogens is 228 g/mol. The molecule has 0 aromatic rings. The Morgan fingerprint density at radius 2 is 1.00 bits per heavy atom. The molecule has 0 radical (unpaired) electrons. The number of hydrogen-bond acceptors (Lipinski definition) is 0. The van der Waals surface area contributed by atoms with Gasteiger partial charge in [0.15, 0.2) is 0 Å². The van der Waals surface area contributed by atoms with Gasteiger partial charge in [0.2, 0.25) is 0 Å². The van der Waals surface area contributed by atoms with Gasteiger partial charge in [-0.1, -0.05) is 106 Å². The third kappa shape index (κ3) is 12.8. The predicted octanol–water partition coefficient (Wildman–Crippen LogP) is 7.47. The quantitative estimate of drug-likeness (QED) is 0.463. The van der Waals surface area contributed by atoms with Crippen LogP contribution < -0.4 is 0 Å². The fraction of sp³-hybridized carbons (Fsp3) is 1.00. The minimum absolute atomic E-state index is 0.942. The maximum atomic E-state index is 2.36. The van der Waals surface area contributed by atoms with E-state index in [9.17, 15) is 0 Å². The highest BCUT2D eigenvalue weighted by Gasteiger charge is 2.17. The Kier molecular flexibility index (Phi) is 18.0. The third-order valence-corrected chi connectivity index (χ3v) is 4.24. The lowest BCUT2D eigenvalue weighted by atomic mass is 9.91. The Bertz CT molecular complexity index is 136. The molecule has 2 aliphatic carbocycles. The minimum atomic E-state index is 0.942. The maximum absolute atomic E-state index is 2.36. The van der Waals surface area contributed by atoms with E-state index in [1.807, 2.05) is 27.7 Å². The summed E-state index contributed by atoms with van der Waals surface area (Å²) in [5.41, 5.74) is 0. The van der Waals surface area contributed by atoms with Crippen LogP contribution in [0, 0.1) is 17.8 Å². The maximum Gasteiger partial charge on any atom is -0.0391 e. The molecule has 0 atom stereocenters. The second kappa shape index (κ2) is 16.1. The average molecular weight is 271 g/mol. The van der Waals surface area contributed by atoms with E-state index in [4.69, 9.17) is 0 Å². The third-order valence-electron chi connectivity index (χ3n) is 4.24. The summed E-state index contributed by atoms with van der Waals surface area (Å²) in [6.45, 7) is 15.0. The minimum Gasteiger partial charge on any atom is -0.0683 e. The van der Waals surface area contributed by atoms with Crippen LogP contribution >= 0.6 is 0 Å². The molecule has 0 spiro atoms. The van der Waals surface area contributed by atoms with Crippen LogP contribution in [-0.2, 0) is 0 Å². The van der Waals surface area contributed by atoms with Crippen molar-refractivity contribution in [1.29, 1.82) is 0 Å². The van der Waals surface area contributed by atoms with Crippen molar-refractivity contribution in [2.24, 2.45) is 17.8 Å². The van der Waals surface area contributed by atoms with Crippen molar-refractivity contribution in [2.75, 3.05) is 0 Å². The van der Waals surface area contributed by atoms with E-state index in [-0.39, 0.29) is 0 Å². The molecule has 0 unspecified atom stereocenters. The summed E-state index contributed by atoms with van der Waals surface area (Å²) in [4.78, 5) is 0. The van der Waals surface area contributed by atoms with Gasteiger partial charge < -0.3 is 0 Å². The van der Waals surface area contributed by atoms with E-state index in [2.05, 4.69) is 20.8 Å². The van der Waals surface area contributed by atoms with Crippen molar-refractivity contribution in [3.05, 3.63) is 0 Å². The fourth-order valence-corrected chi connectivity index (χ4v) is 2.93. The summed E-state index contributed by atoms with van der Waals surface area (Å²) in [5.74, 6) is 3.04. The Balaban J connectivity index is 0. The summed E-state index contributed by atoms with van der Waals surface area (Å²) >= 11 is 0. The SMILES string of the molecule is CC.CC.CC(C)C1CCCC1.CC1CCCCC1. The molecule has 2 aliphatic rings. The smallest absolute Gasteiger partial charge is 0.0391 e. The largest absolute Gasteiger partial charge is 0.0683 e. The molecule has 0 saturated heterocycles. The van der Waals surface area contributed by atoms with Gasteiger partial charge in [-0.2, -0.15) is 0 Å². The number of rotatable bonds is 1. The topological polar surface area (TPSA) is 0 Å². The van der Waals surface area contributed by atoms with E-state index >= 15 is 0 Å². The summed E-state index contributed by atoms with van der Waals surface area (Å²) in [6.07, 6.45) is 13.4. The molecule has 0 amide bonds. The van der Waals surface area contributed by atoms with Gasteiger partial charge in [-0.3, -0.25) is 0 Å². The van der Waals surface area contributed by atoms with Crippen LogP contribution in [0.4, 0.5) is 0 Å². The van der Waals surface area contributed by atoms with Crippen LogP contribution in [0.15, 0.2) is 0 Å². The molecule has 0 bridgehead atoms. The molecule has 0 aromatic heterocycles. The second-order valence-corrected chi connectivity index (χ2v) is 6.03. The molecule has 0 heteroatoms. The van der Waals surface area contributed by atoms with Gasteiger partial charge in [0, 0.05) is 0 Å². The highest BCUT2D eigenvalue weighted by Crippen LogP contribution is 2.30. The molecule has 2 rings (SSSR count). The Labute approximate surface area is 124 Å². The van der Waals surface area contributed by atoms with Crippen LogP contribution in [0.25, 0.3) is 0 Å².